The highest BCUT2D eigenvalue weighted by molar-refractivity contribution is 6.00. The summed E-state index contributed by atoms with van der Waals surface area (Å²) in [6.07, 6.45) is 19.3. The summed E-state index contributed by atoms with van der Waals surface area (Å²) in [7, 11) is 0. The molecule has 0 aliphatic carbocycles. The number of hydrogen-bond acceptors (Lipinski definition) is 5. The first-order chi connectivity index (χ1) is 14.7. The third-order valence-electron chi connectivity index (χ3n) is 3.45. The lowest BCUT2D eigenvalue weighted by atomic mass is 10.1. The second kappa shape index (κ2) is 27.0. The molecule has 0 bridgehead atoms. The van der Waals surface area contributed by atoms with Crippen LogP contribution in [-0.2, 0) is 23.9 Å². The van der Waals surface area contributed by atoms with Gasteiger partial charge < -0.3 is 14.9 Å². The molecule has 0 rings (SSSR count). The molecule has 7 nitrogen and oxygen atoms in total. The number of carbonyl (C=O) groups excluding carboxylic acids is 2. The van der Waals surface area contributed by atoms with E-state index in [1.807, 2.05) is 12.2 Å². The van der Waals surface area contributed by atoms with Gasteiger partial charge >= 0.3 is 23.9 Å². The lowest BCUT2D eigenvalue weighted by molar-refractivity contribution is -0.153. The minimum absolute atomic E-state index is 0.483. The van der Waals surface area contributed by atoms with Crippen molar-refractivity contribution in [2.45, 2.75) is 78.1 Å². The zero-order valence-electron chi connectivity index (χ0n) is 18.9. The zero-order chi connectivity index (χ0) is 24.3. The SMILES string of the molecule is C=CCCCC.C=CCCCCCCCC.O=C(O)/C=C\C(=O)OC(=O)/C=C\C(=O)O. The van der Waals surface area contributed by atoms with Gasteiger partial charge in [0.15, 0.2) is 0 Å². The van der Waals surface area contributed by atoms with Gasteiger partial charge in [0.25, 0.3) is 0 Å². The van der Waals surface area contributed by atoms with Gasteiger partial charge in [0.05, 0.1) is 0 Å². The number of rotatable bonds is 14. The van der Waals surface area contributed by atoms with E-state index < -0.39 is 23.9 Å². The van der Waals surface area contributed by atoms with Crippen molar-refractivity contribution in [2.24, 2.45) is 0 Å². The summed E-state index contributed by atoms with van der Waals surface area (Å²) in [5, 5.41) is 16.2. The van der Waals surface area contributed by atoms with Crippen LogP contribution in [0.5, 0.6) is 0 Å². The molecule has 0 fully saturated rings. The number of hydrogen-bond donors (Lipinski definition) is 2. The Labute approximate surface area is 186 Å². The van der Waals surface area contributed by atoms with Crippen LogP contribution in [0, 0.1) is 0 Å². The first-order valence-corrected chi connectivity index (χ1v) is 10.5. The predicted molar refractivity (Wildman–Crippen MR) is 123 cm³/mol. The Morgan fingerprint density at radius 1 is 0.645 bits per heavy atom. The van der Waals surface area contributed by atoms with Gasteiger partial charge in [-0.15, -0.1) is 13.2 Å². The molecule has 0 aromatic rings. The number of unbranched alkanes of at least 4 members (excludes halogenated alkanes) is 8. The largest absolute Gasteiger partial charge is 0.478 e. The summed E-state index contributed by atoms with van der Waals surface area (Å²) in [5.74, 6) is -5.14. The molecule has 0 aromatic heterocycles. The van der Waals surface area contributed by atoms with E-state index in [0.29, 0.717) is 24.3 Å². The van der Waals surface area contributed by atoms with Gasteiger partial charge in [-0.2, -0.15) is 0 Å². The molecular weight excluding hydrogens is 400 g/mol. The minimum Gasteiger partial charge on any atom is -0.478 e. The molecule has 0 radical (unpaired) electrons. The van der Waals surface area contributed by atoms with Crippen LogP contribution >= 0.6 is 0 Å². The van der Waals surface area contributed by atoms with Gasteiger partial charge in [-0.05, 0) is 19.3 Å². The van der Waals surface area contributed by atoms with Crippen LogP contribution in [-0.4, -0.2) is 34.1 Å². The third-order valence-corrected chi connectivity index (χ3v) is 3.45. The summed E-state index contributed by atoms with van der Waals surface area (Å²) in [6.45, 7) is 11.7. The van der Waals surface area contributed by atoms with Crippen LogP contribution in [0.2, 0.25) is 0 Å². The van der Waals surface area contributed by atoms with Crippen molar-refractivity contribution in [3.05, 3.63) is 49.6 Å². The molecule has 0 aromatic carbocycles. The maximum absolute atomic E-state index is 10.6. The van der Waals surface area contributed by atoms with E-state index in [1.165, 1.54) is 64.2 Å². The average Bonchev–Trinajstić information content (AvgIpc) is 2.72. The summed E-state index contributed by atoms with van der Waals surface area (Å²) < 4.78 is 3.97. The molecule has 0 atom stereocenters. The standard InChI is InChI=1S/C10H20.C8H6O7.C6H12/c1-3-5-7-9-10-8-6-4-2;9-5(10)1-3-7(13)15-8(14)4-2-6(11)12;1-3-5-6-4-2/h3H,1,4-10H2,2H3;1-4H,(H,9,10)(H,11,12);3H,1,4-6H2,2H3/b;3-1-,4-2-;. The van der Waals surface area contributed by atoms with Crippen LogP contribution in [0.3, 0.4) is 0 Å². The van der Waals surface area contributed by atoms with Crippen molar-refractivity contribution in [2.75, 3.05) is 0 Å². The van der Waals surface area contributed by atoms with E-state index in [2.05, 4.69) is 31.7 Å². The van der Waals surface area contributed by atoms with Crippen molar-refractivity contribution in [1.29, 1.82) is 0 Å². The molecule has 0 aliphatic heterocycles. The van der Waals surface area contributed by atoms with E-state index in [0.717, 1.165) is 0 Å². The molecule has 7 heteroatoms. The Morgan fingerprint density at radius 3 is 1.39 bits per heavy atom. The normalized spacial score (nSPS) is 9.74. The molecule has 176 valence electrons. The maximum atomic E-state index is 10.6. The highest BCUT2D eigenvalue weighted by Gasteiger charge is 2.04. The van der Waals surface area contributed by atoms with E-state index in [-0.39, 0.29) is 0 Å². The number of ether oxygens (including phenoxy) is 1. The molecule has 0 saturated heterocycles. The summed E-state index contributed by atoms with van der Waals surface area (Å²) in [5.41, 5.74) is 0. The van der Waals surface area contributed by atoms with Gasteiger partial charge in [-0.1, -0.05) is 70.9 Å². The van der Waals surface area contributed by atoms with Gasteiger partial charge in [0, 0.05) is 24.3 Å². The van der Waals surface area contributed by atoms with Crippen molar-refractivity contribution in [3.8, 4) is 0 Å². The van der Waals surface area contributed by atoms with Crippen molar-refractivity contribution in [1.82, 2.24) is 0 Å². The third kappa shape index (κ3) is 38.3. The molecule has 0 heterocycles. The first-order valence-electron chi connectivity index (χ1n) is 10.5. The Kier molecular flexibility index (Phi) is 28.5. The Hall–Kier alpha value is -2.96. The molecule has 31 heavy (non-hydrogen) atoms. The van der Waals surface area contributed by atoms with Gasteiger partial charge in [-0.25, -0.2) is 19.2 Å². The number of esters is 2. The lowest BCUT2D eigenvalue weighted by Crippen LogP contribution is -2.08. The number of allylic oxidation sites excluding steroid dienone is 2. The Morgan fingerprint density at radius 2 is 1.03 bits per heavy atom. The smallest absolute Gasteiger partial charge is 0.338 e. The maximum Gasteiger partial charge on any atom is 0.338 e. The summed E-state index contributed by atoms with van der Waals surface area (Å²) in [4.78, 5) is 41.1. The van der Waals surface area contributed by atoms with Crippen LogP contribution in [0.4, 0.5) is 0 Å². The molecular formula is C24H38O7. The second-order valence-electron chi connectivity index (χ2n) is 6.36. The fourth-order valence-electron chi connectivity index (χ4n) is 1.86. The van der Waals surface area contributed by atoms with E-state index in [1.54, 1.807) is 0 Å². The monoisotopic (exact) mass is 438 g/mol. The quantitative estimate of drug-likeness (QED) is 0.119. The minimum atomic E-state index is -1.37. The zero-order valence-corrected chi connectivity index (χ0v) is 18.9. The average molecular weight is 439 g/mol. The van der Waals surface area contributed by atoms with Crippen LogP contribution in [0.25, 0.3) is 0 Å². The van der Waals surface area contributed by atoms with Crippen molar-refractivity contribution >= 4 is 23.9 Å². The fourth-order valence-corrected chi connectivity index (χ4v) is 1.86. The topological polar surface area (TPSA) is 118 Å². The predicted octanol–water partition coefficient (Wildman–Crippen LogP) is 5.62. The van der Waals surface area contributed by atoms with Gasteiger partial charge in [0.2, 0.25) is 0 Å². The summed E-state index contributed by atoms with van der Waals surface area (Å²) in [6, 6.07) is 0. The van der Waals surface area contributed by atoms with Crippen LogP contribution in [0.1, 0.15) is 78.1 Å². The Balaban J connectivity index is -0.000000421. The molecule has 0 saturated carbocycles. The fraction of sp³-hybridized carbons (Fsp3) is 0.500. The summed E-state index contributed by atoms with van der Waals surface area (Å²) >= 11 is 0. The Bertz CT molecular complexity index is 540. The number of aliphatic carboxylic acids is 2. The van der Waals surface area contributed by atoms with Crippen molar-refractivity contribution < 1.29 is 34.1 Å². The van der Waals surface area contributed by atoms with E-state index in [4.69, 9.17) is 10.2 Å². The molecule has 2 N–H and O–H groups in total. The van der Waals surface area contributed by atoms with Crippen LogP contribution < -0.4 is 0 Å². The van der Waals surface area contributed by atoms with E-state index >= 15 is 0 Å². The molecule has 0 spiro atoms. The molecule has 0 unspecified atom stereocenters. The number of carbonyl (C=O) groups is 4. The molecule has 0 aliphatic rings. The first kappa shape index (κ1) is 32.7. The highest BCUT2D eigenvalue weighted by Crippen LogP contribution is 2.06. The lowest BCUT2D eigenvalue weighted by Gasteiger charge is -1.96. The van der Waals surface area contributed by atoms with Gasteiger partial charge in [0.1, 0.15) is 0 Å². The number of carboxylic acid groups (broad SMARTS) is 2. The highest BCUT2D eigenvalue weighted by atomic mass is 16.6. The van der Waals surface area contributed by atoms with Crippen LogP contribution in [0.15, 0.2) is 49.6 Å². The second-order valence-corrected chi connectivity index (χ2v) is 6.36. The van der Waals surface area contributed by atoms with Gasteiger partial charge in [-0.3, -0.25) is 0 Å². The number of carboxylic acids is 2. The molecule has 0 amide bonds. The van der Waals surface area contributed by atoms with Crippen molar-refractivity contribution in [3.63, 3.8) is 0 Å². The van der Waals surface area contributed by atoms with E-state index in [9.17, 15) is 19.2 Å².